The Labute approximate surface area is 83.8 Å². The monoisotopic (exact) mass is 224 g/mol. The highest BCUT2D eigenvalue weighted by Crippen LogP contribution is 2.35. The average Bonchev–Trinajstić information content (AvgIpc) is 2.07. The van der Waals surface area contributed by atoms with E-state index in [1.165, 1.54) is 18.2 Å². The van der Waals surface area contributed by atoms with Crippen LogP contribution in [0.15, 0.2) is 24.3 Å². The summed E-state index contributed by atoms with van der Waals surface area (Å²) in [7, 11) is 0. The standard InChI is InChI=1S/C8H8ClF3N2/c9-8(11,12)7(14-13)5-3-1-2-4-6(5)10/h1-4,7,14H,13H2. The molecule has 1 unspecified atom stereocenters. The Morgan fingerprint density at radius 2 is 1.93 bits per heavy atom. The number of halogens is 4. The lowest BCUT2D eigenvalue weighted by Gasteiger charge is -2.21. The molecular formula is C8H8ClF3N2. The molecule has 1 rings (SSSR count). The Balaban J connectivity index is 3.08. The second kappa shape index (κ2) is 4.16. The first kappa shape index (κ1) is 11.3. The van der Waals surface area contributed by atoms with E-state index in [2.05, 4.69) is 0 Å². The lowest BCUT2D eigenvalue weighted by molar-refractivity contribution is 0.0483. The van der Waals surface area contributed by atoms with Gasteiger partial charge in [-0.25, -0.2) is 9.82 Å². The minimum atomic E-state index is -3.64. The molecule has 78 valence electrons. The number of benzene rings is 1. The minimum absolute atomic E-state index is 0.269. The third-order valence-electron chi connectivity index (χ3n) is 1.71. The van der Waals surface area contributed by atoms with Gasteiger partial charge in [0.1, 0.15) is 11.9 Å². The van der Waals surface area contributed by atoms with E-state index in [0.717, 1.165) is 6.07 Å². The molecular weight excluding hydrogens is 217 g/mol. The molecule has 14 heavy (non-hydrogen) atoms. The predicted molar refractivity (Wildman–Crippen MR) is 47.3 cm³/mol. The third-order valence-corrected chi connectivity index (χ3v) is 1.93. The molecule has 0 fully saturated rings. The van der Waals surface area contributed by atoms with Gasteiger partial charge in [0.05, 0.1) is 0 Å². The third kappa shape index (κ3) is 2.37. The van der Waals surface area contributed by atoms with Gasteiger partial charge in [0.2, 0.25) is 0 Å². The van der Waals surface area contributed by atoms with Gasteiger partial charge in [-0.1, -0.05) is 18.2 Å². The van der Waals surface area contributed by atoms with Gasteiger partial charge in [-0.2, -0.15) is 8.78 Å². The van der Waals surface area contributed by atoms with Crippen LogP contribution in [0.1, 0.15) is 11.6 Å². The maximum atomic E-state index is 13.1. The fraction of sp³-hybridized carbons (Fsp3) is 0.250. The van der Waals surface area contributed by atoms with Crippen LogP contribution in [0.5, 0.6) is 0 Å². The molecule has 0 aliphatic heterocycles. The van der Waals surface area contributed by atoms with Crippen molar-refractivity contribution in [1.82, 2.24) is 5.43 Å². The maximum absolute atomic E-state index is 13.1. The van der Waals surface area contributed by atoms with Gasteiger partial charge in [-0.05, 0) is 17.7 Å². The molecule has 1 aromatic carbocycles. The molecule has 0 spiro atoms. The van der Waals surface area contributed by atoms with E-state index >= 15 is 0 Å². The van der Waals surface area contributed by atoms with Crippen LogP contribution in [0.4, 0.5) is 13.2 Å². The summed E-state index contributed by atoms with van der Waals surface area (Å²) in [5.74, 6) is 4.10. The number of hydrogen-bond donors (Lipinski definition) is 2. The van der Waals surface area contributed by atoms with Crippen LogP contribution in [-0.2, 0) is 0 Å². The Hall–Kier alpha value is -0.780. The molecule has 0 heterocycles. The zero-order valence-electron chi connectivity index (χ0n) is 6.98. The van der Waals surface area contributed by atoms with Gasteiger partial charge in [0, 0.05) is 5.56 Å². The topological polar surface area (TPSA) is 38.0 Å². The molecule has 0 bridgehead atoms. The van der Waals surface area contributed by atoms with Gasteiger partial charge >= 0.3 is 5.38 Å². The quantitative estimate of drug-likeness (QED) is 0.469. The summed E-state index contributed by atoms with van der Waals surface area (Å²) in [5.41, 5.74) is 1.51. The van der Waals surface area contributed by atoms with Gasteiger partial charge in [-0.15, -0.1) is 0 Å². The van der Waals surface area contributed by atoms with Crippen LogP contribution in [-0.4, -0.2) is 5.38 Å². The smallest absolute Gasteiger partial charge is 0.271 e. The molecule has 0 aromatic heterocycles. The van der Waals surface area contributed by atoms with Crippen LogP contribution in [0, 0.1) is 5.82 Å². The molecule has 0 saturated carbocycles. The van der Waals surface area contributed by atoms with Crippen molar-refractivity contribution < 1.29 is 13.2 Å². The predicted octanol–water partition coefficient (Wildman–Crippen LogP) is 2.16. The second-order valence-corrected chi connectivity index (χ2v) is 3.17. The Kier molecular flexibility index (Phi) is 3.36. The molecule has 0 radical (unpaired) electrons. The average molecular weight is 225 g/mol. The minimum Gasteiger partial charge on any atom is -0.271 e. The van der Waals surface area contributed by atoms with E-state index in [9.17, 15) is 13.2 Å². The second-order valence-electron chi connectivity index (χ2n) is 2.66. The first-order valence-corrected chi connectivity index (χ1v) is 4.12. The van der Waals surface area contributed by atoms with Crippen molar-refractivity contribution in [2.75, 3.05) is 0 Å². The summed E-state index contributed by atoms with van der Waals surface area (Å²) in [6.07, 6.45) is 0. The van der Waals surface area contributed by atoms with Crippen molar-refractivity contribution in [2.24, 2.45) is 5.84 Å². The highest BCUT2D eigenvalue weighted by atomic mass is 35.5. The molecule has 3 N–H and O–H groups in total. The van der Waals surface area contributed by atoms with Crippen LogP contribution in [0.25, 0.3) is 0 Å². The van der Waals surface area contributed by atoms with Gasteiger partial charge in [0.25, 0.3) is 0 Å². The summed E-state index contributed by atoms with van der Waals surface area (Å²) >= 11 is 4.76. The van der Waals surface area contributed by atoms with Crippen molar-refractivity contribution in [1.29, 1.82) is 0 Å². The summed E-state index contributed by atoms with van der Waals surface area (Å²) in [6, 6.07) is 3.31. The van der Waals surface area contributed by atoms with E-state index in [-0.39, 0.29) is 5.56 Å². The zero-order chi connectivity index (χ0) is 10.8. The van der Waals surface area contributed by atoms with Gasteiger partial charge < -0.3 is 0 Å². The van der Waals surface area contributed by atoms with Crippen LogP contribution in [0.3, 0.4) is 0 Å². The first-order valence-electron chi connectivity index (χ1n) is 3.74. The SMILES string of the molecule is NNC(c1ccccc1F)C(F)(F)Cl. The lowest BCUT2D eigenvalue weighted by atomic mass is 10.1. The normalized spacial score (nSPS) is 14.1. The van der Waals surface area contributed by atoms with Gasteiger partial charge in [-0.3, -0.25) is 5.84 Å². The largest absolute Gasteiger partial charge is 0.342 e. The Morgan fingerprint density at radius 3 is 2.36 bits per heavy atom. The highest BCUT2D eigenvalue weighted by molar-refractivity contribution is 6.22. The summed E-state index contributed by atoms with van der Waals surface area (Å²) in [4.78, 5) is 0. The molecule has 0 aliphatic carbocycles. The molecule has 1 atom stereocenters. The van der Waals surface area contributed by atoms with Crippen molar-refractivity contribution in [3.8, 4) is 0 Å². The number of hydrogen-bond acceptors (Lipinski definition) is 2. The van der Waals surface area contributed by atoms with E-state index in [1.807, 2.05) is 0 Å². The molecule has 1 aromatic rings. The van der Waals surface area contributed by atoms with Crippen LogP contribution < -0.4 is 11.3 Å². The number of nitrogens with two attached hydrogens (primary N) is 1. The maximum Gasteiger partial charge on any atom is 0.342 e. The van der Waals surface area contributed by atoms with Crippen molar-refractivity contribution in [2.45, 2.75) is 11.4 Å². The van der Waals surface area contributed by atoms with Crippen LogP contribution in [0.2, 0.25) is 0 Å². The van der Waals surface area contributed by atoms with Crippen molar-refractivity contribution >= 4 is 11.6 Å². The number of alkyl halides is 3. The van der Waals surface area contributed by atoms with E-state index in [1.54, 1.807) is 5.43 Å². The summed E-state index contributed by atoms with van der Waals surface area (Å²) in [5, 5.41) is -3.64. The summed E-state index contributed by atoms with van der Waals surface area (Å²) in [6.45, 7) is 0. The fourth-order valence-corrected chi connectivity index (χ4v) is 1.25. The molecule has 0 aliphatic rings. The van der Waals surface area contributed by atoms with Crippen molar-refractivity contribution in [3.63, 3.8) is 0 Å². The molecule has 2 nitrogen and oxygen atoms in total. The van der Waals surface area contributed by atoms with Crippen LogP contribution >= 0.6 is 11.6 Å². The highest BCUT2D eigenvalue weighted by Gasteiger charge is 2.38. The molecule has 0 amide bonds. The van der Waals surface area contributed by atoms with Gasteiger partial charge in [0.15, 0.2) is 0 Å². The number of nitrogens with one attached hydrogen (secondary N) is 1. The van der Waals surface area contributed by atoms with E-state index in [0.29, 0.717) is 0 Å². The molecule has 6 heteroatoms. The lowest BCUT2D eigenvalue weighted by Crippen LogP contribution is -2.38. The van der Waals surface area contributed by atoms with Crippen molar-refractivity contribution in [3.05, 3.63) is 35.6 Å². The number of rotatable bonds is 3. The number of hydrazine groups is 1. The molecule has 0 saturated heterocycles. The van der Waals surface area contributed by atoms with E-state index in [4.69, 9.17) is 17.4 Å². The zero-order valence-corrected chi connectivity index (χ0v) is 7.73. The summed E-state index contributed by atoms with van der Waals surface area (Å²) < 4.78 is 38.5. The Bertz CT molecular complexity index is 314. The Morgan fingerprint density at radius 1 is 1.36 bits per heavy atom. The fourth-order valence-electron chi connectivity index (χ4n) is 1.07. The van der Waals surface area contributed by atoms with E-state index < -0.39 is 17.2 Å². The first-order chi connectivity index (χ1) is 6.46.